The minimum absolute atomic E-state index is 0.156. The van der Waals surface area contributed by atoms with Crippen LogP contribution in [0.5, 0.6) is 0 Å². The van der Waals surface area contributed by atoms with Gasteiger partial charge in [-0.15, -0.1) is 0 Å². The van der Waals surface area contributed by atoms with Gasteiger partial charge in [0.05, 0.1) is 0 Å². The predicted molar refractivity (Wildman–Crippen MR) is 66.2 cm³/mol. The van der Waals surface area contributed by atoms with Crippen molar-refractivity contribution in [1.82, 2.24) is 0 Å². The smallest absolute Gasteiger partial charge is 0.193 e. The number of benzene rings is 2. The number of rotatable bonds is 0. The maximum absolute atomic E-state index is 12.4. The predicted octanol–water partition coefficient (Wildman–Crippen LogP) is 2.00. The monoisotopic (exact) mass is 240 g/mol. The van der Waals surface area contributed by atoms with Gasteiger partial charge in [0.2, 0.25) is 0 Å². The Hall–Kier alpha value is -1.97. The van der Waals surface area contributed by atoms with E-state index in [0.29, 0.717) is 22.3 Å². The molecule has 18 heavy (non-hydrogen) atoms. The van der Waals surface area contributed by atoms with Gasteiger partial charge in [-0.05, 0) is 11.1 Å². The first kappa shape index (κ1) is 11.1. The third-order valence-electron chi connectivity index (χ3n) is 3.35. The lowest BCUT2D eigenvalue weighted by atomic mass is 9.99. The maximum Gasteiger partial charge on any atom is 0.193 e. The summed E-state index contributed by atoms with van der Waals surface area (Å²) in [6, 6.07) is 13.7. The first-order valence-electron chi connectivity index (χ1n) is 5.79. The Labute approximate surface area is 104 Å². The molecule has 0 saturated carbocycles. The van der Waals surface area contributed by atoms with E-state index in [0.717, 1.165) is 0 Å². The number of aliphatic hydroxyl groups is 2. The van der Waals surface area contributed by atoms with E-state index in [-0.39, 0.29) is 5.78 Å². The standard InChI is InChI=1S/C15H12O3/c16-13-9-5-1-3-7-11(9)14(17)15(18)12-8-4-2-6-10(12)13/h1-8,14-15,17-18H/t14-,15-/m0/s1. The Morgan fingerprint density at radius 2 is 1.11 bits per heavy atom. The van der Waals surface area contributed by atoms with Crippen molar-refractivity contribution in [2.24, 2.45) is 0 Å². The van der Waals surface area contributed by atoms with Gasteiger partial charge >= 0.3 is 0 Å². The first-order chi connectivity index (χ1) is 8.70. The molecule has 2 atom stereocenters. The lowest BCUT2D eigenvalue weighted by molar-refractivity contribution is 0.0176. The summed E-state index contributed by atoms with van der Waals surface area (Å²) in [6.45, 7) is 0. The highest BCUT2D eigenvalue weighted by molar-refractivity contribution is 6.11. The average molecular weight is 240 g/mol. The van der Waals surface area contributed by atoms with Crippen LogP contribution in [0.25, 0.3) is 0 Å². The van der Waals surface area contributed by atoms with Crippen molar-refractivity contribution in [2.45, 2.75) is 12.2 Å². The van der Waals surface area contributed by atoms with Crippen molar-refractivity contribution in [1.29, 1.82) is 0 Å². The fraction of sp³-hybridized carbons (Fsp3) is 0.133. The SMILES string of the molecule is O=C1c2ccccc2[C@H](O)[C@@H](O)c2ccccc21. The molecule has 0 aliphatic heterocycles. The third kappa shape index (κ3) is 1.49. The Bertz CT molecular complexity index is 565. The Morgan fingerprint density at radius 1 is 0.722 bits per heavy atom. The quantitative estimate of drug-likeness (QED) is 0.740. The highest BCUT2D eigenvalue weighted by Gasteiger charge is 2.31. The normalized spacial score (nSPS) is 22.0. The Morgan fingerprint density at radius 3 is 1.56 bits per heavy atom. The second-order valence-corrected chi connectivity index (χ2v) is 4.39. The minimum atomic E-state index is -1.08. The molecule has 0 amide bonds. The lowest BCUT2D eigenvalue weighted by Crippen LogP contribution is -2.10. The summed E-state index contributed by atoms with van der Waals surface area (Å²) in [5, 5.41) is 20.3. The van der Waals surface area contributed by atoms with Gasteiger partial charge in [-0.3, -0.25) is 4.79 Å². The number of carbonyl (C=O) groups excluding carboxylic acids is 1. The summed E-state index contributed by atoms with van der Waals surface area (Å²) in [4.78, 5) is 12.4. The van der Waals surface area contributed by atoms with Crippen molar-refractivity contribution in [3.05, 3.63) is 70.8 Å². The molecule has 0 radical (unpaired) electrons. The number of aliphatic hydroxyl groups excluding tert-OH is 2. The summed E-state index contributed by atoms with van der Waals surface area (Å²) in [7, 11) is 0. The highest BCUT2D eigenvalue weighted by atomic mass is 16.3. The van der Waals surface area contributed by atoms with Crippen LogP contribution in [-0.2, 0) is 0 Å². The molecule has 0 unspecified atom stereocenters. The van der Waals surface area contributed by atoms with Crippen LogP contribution in [0.4, 0.5) is 0 Å². The van der Waals surface area contributed by atoms with Crippen LogP contribution in [0.1, 0.15) is 39.3 Å². The largest absolute Gasteiger partial charge is 0.385 e. The second-order valence-electron chi connectivity index (χ2n) is 4.39. The fourth-order valence-electron chi connectivity index (χ4n) is 2.41. The number of hydrogen-bond donors (Lipinski definition) is 2. The summed E-state index contributed by atoms with van der Waals surface area (Å²) in [5.41, 5.74) is 1.86. The van der Waals surface area contributed by atoms with Crippen molar-refractivity contribution in [3.63, 3.8) is 0 Å². The minimum Gasteiger partial charge on any atom is -0.385 e. The van der Waals surface area contributed by atoms with Crippen LogP contribution in [-0.4, -0.2) is 16.0 Å². The molecule has 3 nitrogen and oxygen atoms in total. The molecule has 0 saturated heterocycles. The zero-order chi connectivity index (χ0) is 12.7. The molecule has 0 spiro atoms. The summed E-state index contributed by atoms with van der Waals surface area (Å²) < 4.78 is 0. The molecular weight excluding hydrogens is 228 g/mol. The van der Waals surface area contributed by atoms with E-state index in [1.54, 1.807) is 48.5 Å². The highest BCUT2D eigenvalue weighted by Crippen LogP contribution is 2.37. The van der Waals surface area contributed by atoms with E-state index in [2.05, 4.69) is 0 Å². The van der Waals surface area contributed by atoms with Crippen LogP contribution in [0, 0.1) is 0 Å². The lowest BCUT2D eigenvalue weighted by Gasteiger charge is -2.17. The van der Waals surface area contributed by atoms with Gasteiger partial charge in [-0.2, -0.15) is 0 Å². The van der Waals surface area contributed by atoms with Crippen LogP contribution in [0.2, 0.25) is 0 Å². The van der Waals surface area contributed by atoms with Crippen molar-refractivity contribution in [3.8, 4) is 0 Å². The summed E-state index contributed by atoms with van der Waals surface area (Å²) in [5.74, 6) is -0.156. The molecule has 90 valence electrons. The van der Waals surface area contributed by atoms with Crippen LogP contribution < -0.4 is 0 Å². The van der Waals surface area contributed by atoms with Gasteiger partial charge in [0, 0.05) is 11.1 Å². The van der Waals surface area contributed by atoms with Crippen LogP contribution in [0.3, 0.4) is 0 Å². The molecule has 0 bridgehead atoms. The Balaban J connectivity index is 2.31. The molecule has 0 fully saturated rings. The average Bonchev–Trinajstić information content (AvgIpc) is 2.51. The molecular formula is C15H12O3. The molecule has 1 aliphatic rings. The topological polar surface area (TPSA) is 57.5 Å². The van der Waals surface area contributed by atoms with E-state index in [9.17, 15) is 15.0 Å². The number of carbonyl (C=O) groups is 1. The molecule has 0 aromatic heterocycles. The van der Waals surface area contributed by atoms with Gasteiger partial charge in [0.25, 0.3) is 0 Å². The van der Waals surface area contributed by atoms with Crippen LogP contribution in [0.15, 0.2) is 48.5 Å². The molecule has 2 aromatic carbocycles. The van der Waals surface area contributed by atoms with Crippen molar-refractivity contribution in [2.75, 3.05) is 0 Å². The fourth-order valence-corrected chi connectivity index (χ4v) is 2.41. The van der Waals surface area contributed by atoms with Gasteiger partial charge in [0.1, 0.15) is 12.2 Å². The maximum atomic E-state index is 12.4. The summed E-state index contributed by atoms with van der Waals surface area (Å²) in [6.07, 6.45) is -2.15. The molecule has 0 heterocycles. The first-order valence-corrected chi connectivity index (χ1v) is 5.79. The van der Waals surface area contributed by atoms with E-state index in [4.69, 9.17) is 0 Å². The van der Waals surface area contributed by atoms with Crippen molar-refractivity contribution < 1.29 is 15.0 Å². The van der Waals surface area contributed by atoms with E-state index >= 15 is 0 Å². The third-order valence-corrected chi connectivity index (χ3v) is 3.35. The molecule has 3 heteroatoms. The van der Waals surface area contributed by atoms with E-state index in [1.807, 2.05) is 0 Å². The van der Waals surface area contributed by atoms with Gasteiger partial charge in [0.15, 0.2) is 5.78 Å². The number of ketones is 1. The van der Waals surface area contributed by atoms with Crippen molar-refractivity contribution >= 4 is 5.78 Å². The Kier molecular flexibility index (Phi) is 2.51. The van der Waals surface area contributed by atoms with Gasteiger partial charge < -0.3 is 10.2 Å². The van der Waals surface area contributed by atoms with Crippen LogP contribution >= 0.6 is 0 Å². The molecule has 3 rings (SSSR count). The number of fused-ring (bicyclic) bond motifs is 2. The molecule has 2 aromatic rings. The number of hydrogen-bond acceptors (Lipinski definition) is 3. The molecule has 1 aliphatic carbocycles. The second kappa shape index (κ2) is 4.05. The van der Waals surface area contributed by atoms with E-state index in [1.165, 1.54) is 0 Å². The van der Waals surface area contributed by atoms with E-state index < -0.39 is 12.2 Å². The van der Waals surface area contributed by atoms with Gasteiger partial charge in [-0.1, -0.05) is 48.5 Å². The summed E-state index contributed by atoms with van der Waals surface area (Å²) >= 11 is 0. The molecule has 2 N–H and O–H groups in total. The zero-order valence-corrected chi connectivity index (χ0v) is 9.58. The zero-order valence-electron chi connectivity index (χ0n) is 9.58. The van der Waals surface area contributed by atoms with Gasteiger partial charge in [-0.25, -0.2) is 0 Å².